The van der Waals surface area contributed by atoms with Gasteiger partial charge < -0.3 is 10.6 Å². The molecule has 1 amide bonds. The van der Waals surface area contributed by atoms with Gasteiger partial charge in [0.25, 0.3) is 5.91 Å². The van der Waals surface area contributed by atoms with E-state index in [1.807, 2.05) is 18.2 Å². The first-order valence-electron chi connectivity index (χ1n) is 7.97. The Hall–Kier alpha value is -1.89. The zero-order valence-corrected chi connectivity index (χ0v) is 15.5. The minimum absolute atomic E-state index is 0.117. The molecule has 0 aliphatic rings. The smallest absolute Gasteiger partial charge is 0.257 e. The molecule has 0 aromatic heterocycles. The van der Waals surface area contributed by atoms with E-state index in [9.17, 15) is 13.2 Å². The molecule has 0 aliphatic heterocycles. The molecule has 0 spiro atoms. The lowest BCUT2D eigenvalue weighted by Crippen LogP contribution is -2.23. The number of rotatable bonds is 8. The van der Waals surface area contributed by atoms with Crippen molar-refractivity contribution in [2.45, 2.75) is 13.5 Å². The predicted molar refractivity (Wildman–Crippen MR) is 102 cm³/mol. The molecule has 2 aromatic carbocycles. The van der Waals surface area contributed by atoms with Crippen LogP contribution in [-0.4, -0.2) is 32.4 Å². The van der Waals surface area contributed by atoms with Crippen molar-refractivity contribution in [3.05, 3.63) is 64.7 Å². The van der Waals surface area contributed by atoms with Crippen molar-refractivity contribution in [3.63, 3.8) is 0 Å². The highest BCUT2D eigenvalue weighted by atomic mass is 35.5. The van der Waals surface area contributed by atoms with E-state index in [2.05, 4.69) is 10.6 Å². The van der Waals surface area contributed by atoms with Crippen LogP contribution in [0, 0.1) is 0 Å². The quantitative estimate of drug-likeness (QED) is 0.690. The normalized spacial score (nSPS) is 11.3. The standard InChI is InChI=1S/C18H21ClN2O3S/c1-2-25(23,24)11-10-20-13-14-6-5-7-15(12-14)21-18(22)16-8-3-4-9-17(16)19/h3-9,12,20H,2,10-11,13H2,1H3,(H,21,22). The lowest BCUT2D eigenvalue weighted by molar-refractivity contribution is 0.102. The maximum absolute atomic E-state index is 12.3. The Morgan fingerprint density at radius 3 is 2.60 bits per heavy atom. The van der Waals surface area contributed by atoms with Crippen molar-refractivity contribution in [2.24, 2.45) is 0 Å². The van der Waals surface area contributed by atoms with Gasteiger partial charge in [0.15, 0.2) is 9.84 Å². The van der Waals surface area contributed by atoms with Gasteiger partial charge in [-0.2, -0.15) is 0 Å². The van der Waals surface area contributed by atoms with E-state index in [0.29, 0.717) is 29.4 Å². The van der Waals surface area contributed by atoms with Crippen LogP contribution >= 0.6 is 11.6 Å². The van der Waals surface area contributed by atoms with E-state index < -0.39 is 9.84 Å². The molecular formula is C18H21ClN2O3S. The Labute approximate surface area is 153 Å². The summed E-state index contributed by atoms with van der Waals surface area (Å²) in [5.74, 6) is -0.00485. The van der Waals surface area contributed by atoms with E-state index in [-0.39, 0.29) is 17.4 Å². The van der Waals surface area contributed by atoms with Crippen LogP contribution in [0.2, 0.25) is 5.02 Å². The molecule has 2 aromatic rings. The number of sulfone groups is 1. The fourth-order valence-electron chi connectivity index (χ4n) is 2.21. The molecule has 0 heterocycles. The number of carbonyl (C=O) groups is 1. The number of anilines is 1. The van der Waals surface area contributed by atoms with Crippen LogP contribution in [0.4, 0.5) is 5.69 Å². The summed E-state index contributed by atoms with van der Waals surface area (Å²) in [5, 5.41) is 6.31. The van der Waals surface area contributed by atoms with E-state index in [1.54, 1.807) is 37.3 Å². The van der Waals surface area contributed by atoms with Gasteiger partial charge >= 0.3 is 0 Å². The fourth-order valence-corrected chi connectivity index (χ4v) is 3.17. The SMILES string of the molecule is CCS(=O)(=O)CCNCc1cccc(NC(=O)c2ccccc2Cl)c1. The zero-order chi connectivity index (χ0) is 18.3. The van der Waals surface area contributed by atoms with Crippen molar-refractivity contribution in [1.82, 2.24) is 5.32 Å². The Bertz CT molecular complexity index is 838. The van der Waals surface area contributed by atoms with Crippen LogP contribution in [0.3, 0.4) is 0 Å². The summed E-state index contributed by atoms with van der Waals surface area (Å²) in [6.07, 6.45) is 0. The van der Waals surface area contributed by atoms with E-state index in [4.69, 9.17) is 11.6 Å². The van der Waals surface area contributed by atoms with Crippen LogP contribution < -0.4 is 10.6 Å². The molecule has 0 saturated heterocycles. The van der Waals surface area contributed by atoms with Gasteiger partial charge in [-0.15, -0.1) is 0 Å². The van der Waals surface area contributed by atoms with Crippen molar-refractivity contribution in [3.8, 4) is 0 Å². The number of halogens is 1. The molecule has 0 atom stereocenters. The topological polar surface area (TPSA) is 75.3 Å². The third-order valence-corrected chi connectivity index (χ3v) is 5.70. The molecule has 0 saturated carbocycles. The molecule has 0 bridgehead atoms. The fraction of sp³-hybridized carbons (Fsp3) is 0.278. The van der Waals surface area contributed by atoms with Gasteiger partial charge in [-0.25, -0.2) is 8.42 Å². The first kappa shape index (κ1) is 19.4. The van der Waals surface area contributed by atoms with Gasteiger partial charge in [0, 0.05) is 24.5 Å². The second-order valence-corrected chi connectivity index (χ2v) is 8.43. The molecule has 0 aliphatic carbocycles. The highest BCUT2D eigenvalue weighted by molar-refractivity contribution is 7.91. The summed E-state index contributed by atoms with van der Waals surface area (Å²) in [4.78, 5) is 12.3. The third kappa shape index (κ3) is 6.16. The second kappa shape index (κ2) is 8.99. The van der Waals surface area contributed by atoms with Crippen LogP contribution in [0.25, 0.3) is 0 Å². The Balaban J connectivity index is 1.93. The van der Waals surface area contributed by atoms with Gasteiger partial charge in [0.2, 0.25) is 0 Å². The average Bonchev–Trinajstić information content (AvgIpc) is 2.59. The minimum atomic E-state index is -2.96. The number of amides is 1. The maximum Gasteiger partial charge on any atom is 0.257 e. The third-order valence-electron chi connectivity index (χ3n) is 3.66. The van der Waals surface area contributed by atoms with Gasteiger partial charge in [0.05, 0.1) is 16.3 Å². The van der Waals surface area contributed by atoms with Gasteiger partial charge in [-0.05, 0) is 29.8 Å². The van der Waals surface area contributed by atoms with Gasteiger partial charge in [0.1, 0.15) is 0 Å². The van der Waals surface area contributed by atoms with E-state index in [1.165, 1.54) is 0 Å². The lowest BCUT2D eigenvalue weighted by Gasteiger charge is -2.09. The van der Waals surface area contributed by atoms with Crippen LogP contribution in [0.1, 0.15) is 22.8 Å². The molecule has 25 heavy (non-hydrogen) atoms. The highest BCUT2D eigenvalue weighted by Gasteiger charge is 2.10. The molecule has 0 fully saturated rings. The Morgan fingerprint density at radius 2 is 1.88 bits per heavy atom. The monoisotopic (exact) mass is 380 g/mol. The molecule has 0 unspecified atom stereocenters. The number of carbonyl (C=O) groups excluding carboxylic acids is 1. The highest BCUT2D eigenvalue weighted by Crippen LogP contribution is 2.18. The van der Waals surface area contributed by atoms with Crippen molar-refractivity contribution >= 4 is 33.0 Å². The second-order valence-electron chi connectivity index (χ2n) is 5.55. The molecule has 134 valence electrons. The maximum atomic E-state index is 12.3. The average molecular weight is 381 g/mol. The molecule has 2 N–H and O–H groups in total. The summed E-state index contributed by atoms with van der Waals surface area (Å²) in [7, 11) is -2.96. The number of nitrogens with one attached hydrogen (secondary N) is 2. The summed E-state index contributed by atoms with van der Waals surface area (Å²) >= 11 is 6.03. The van der Waals surface area contributed by atoms with Crippen molar-refractivity contribution in [1.29, 1.82) is 0 Å². The summed E-state index contributed by atoms with van der Waals surface area (Å²) in [6.45, 7) is 2.56. The van der Waals surface area contributed by atoms with Crippen LogP contribution in [-0.2, 0) is 16.4 Å². The van der Waals surface area contributed by atoms with Gasteiger partial charge in [-0.1, -0.05) is 42.8 Å². The van der Waals surface area contributed by atoms with E-state index >= 15 is 0 Å². The van der Waals surface area contributed by atoms with Crippen molar-refractivity contribution < 1.29 is 13.2 Å². The Kier molecular flexibility index (Phi) is 6.99. The molecule has 5 nitrogen and oxygen atoms in total. The number of hydrogen-bond donors (Lipinski definition) is 2. The largest absolute Gasteiger partial charge is 0.322 e. The summed E-state index contributed by atoms with van der Waals surface area (Å²) in [5.41, 5.74) is 2.02. The van der Waals surface area contributed by atoms with E-state index in [0.717, 1.165) is 5.56 Å². The number of benzene rings is 2. The minimum Gasteiger partial charge on any atom is -0.322 e. The summed E-state index contributed by atoms with van der Waals surface area (Å²) in [6, 6.07) is 14.2. The molecular weight excluding hydrogens is 360 g/mol. The molecule has 0 radical (unpaired) electrons. The lowest BCUT2D eigenvalue weighted by atomic mass is 10.1. The zero-order valence-electron chi connectivity index (χ0n) is 14.0. The Morgan fingerprint density at radius 1 is 1.12 bits per heavy atom. The first-order chi connectivity index (χ1) is 11.9. The van der Waals surface area contributed by atoms with Crippen LogP contribution in [0.15, 0.2) is 48.5 Å². The number of hydrogen-bond acceptors (Lipinski definition) is 4. The first-order valence-corrected chi connectivity index (χ1v) is 10.2. The van der Waals surface area contributed by atoms with Gasteiger partial charge in [-0.3, -0.25) is 4.79 Å². The molecule has 7 heteroatoms. The van der Waals surface area contributed by atoms with Crippen molar-refractivity contribution in [2.75, 3.05) is 23.4 Å². The summed E-state index contributed by atoms with van der Waals surface area (Å²) < 4.78 is 22.9. The predicted octanol–water partition coefficient (Wildman–Crippen LogP) is 3.12. The van der Waals surface area contributed by atoms with Crippen LogP contribution in [0.5, 0.6) is 0 Å². The molecule has 2 rings (SSSR count).